The molecule has 1 aliphatic heterocycles. The van der Waals surface area contributed by atoms with E-state index in [-0.39, 0.29) is 5.78 Å². The van der Waals surface area contributed by atoms with E-state index in [4.69, 9.17) is 4.74 Å². The average Bonchev–Trinajstić information content (AvgIpc) is 2.67. The van der Waals surface area contributed by atoms with E-state index >= 15 is 0 Å². The van der Waals surface area contributed by atoms with Crippen molar-refractivity contribution in [1.29, 1.82) is 0 Å². The molecule has 3 rings (SSSR count). The first kappa shape index (κ1) is 16.7. The summed E-state index contributed by atoms with van der Waals surface area (Å²) in [7, 11) is 0. The van der Waals surface area contributed by atoms with Crippen LogP contribution in [0.2, 0.25) is 0 Å². The number of hydrogen-bond acceptors (Lipinski definition) is 3. The predicted molar refractivity (Wildman–Crippen MR) is 96.7 cm³/mol. The minimum Gasteiger partial charge on any atom is -0.491 e. The molecule has 1 atom stereocenters. The second-order valence-corrected chi connectivity index (χ2v) is 6.45. The van der Waals surface area contributed by atoms with Crippen LogP contribution in [0.5, 0.6) is 5.75 Å². The molecule has 3 nitrogen and oxygen atoms in total. The molecule has 0 N–H and O–H groups in total. The lowest BCUT2D eigenvalue weighted by Crippen LogP contribution is -2.40. The number of rotatable bonds is 6. The summed E-state index contributed by atoms with van der Waals surface area (Å²) < 4.78 is 6.03. The van der Waals surface area contributed by atoms with Gasteiger partial charge in [0, 0.05) is 11.6 Å². The number of ketones is 1. The molecule has 2 aromatic rings. The van der Waals surface area contributed by atoms with Crippen LogP contribution in [-0.2, 0) is 0 Å². The molecule has 2 aromatic carbocycles. The summed E-state index contributed by atoms with van der Waals surface area (Å²) in [6.45, 7) is 5.11. The highest BCUT2D eigenvalue weighted by Gasteiger charge is 2.19. The molecule has 0 radical (unpaired) electrons. The van der Waals surface area contributed by atoms with E-state index in [0.29, 0.717) is 29.5 Å². The van der Waals surface area contributed by atoms with E-state index in [0.717, 1.165) is 13.1 Å². The van der Waals surface area contributed by atoms with Gasteiger partial charge in [-0.1, -0.05) is 48.9 Å². The van der Waals surface area contributed by atoms with Crippen molar-refractivity contribution < 1.29 is 9.53 Å². The lowest BCUT2D eigenvalue weighted by molar-refractivity contribution is 0.102. The molecule has 1 fully saturated rings. The quantitative estimate of drug-likeness (QED) is 0.747. The van der Waals surface area contributed by atoms with Crippen LogP contribution in [0.15, 0.2) is 54.6 Å². The number of hydrogen-bond donors (Lipinski definition) is 0. The Kier molecular flexibility index (Phi) is 5.65. The molecule has 0 saturated carbocycles. The van der Waals surface area contributed by atoms with Crippen molar-refractivity contribution in [3.63, 3.8) is 0 Å². The van der Waals surface area contributed by atoms with Crippen molar-refractivity contribution in [2.75, 3.05) is 19.7 Å². The maximum Gasteiger partial charge on any atom is 0.196 e. The van der Waals surface area contributed by atoms with Crippen LogP contribution >= 0.6 is 0 Å². The summed E-state index contributed by atoms with van der Waals surface area (Å²) >= 11 is 0. The molecule has 1 unspecified atom stereocenters. The van der Waals surface area contributed by atoms with Gasteiger partial charge in [0.05, 0.1) is 5.56 Å². The molecule has 0 aromatic heterocycles. The van der Waals surface area contributed by atoms with Gasteiger partial charge in [0.25, 0.3) is 0 Å². The summed E-state index contributed by atoms with van der Waals surface area (Å²) in [5, 5.41) is 0. The average molecular weight is 323 g/mol. The topological polar surface area (TPSA) is 29.5 Å². The van der Waals surface area contributed by atoms with Crippen LogP contribution in [0.25, 0.3) is 0 Å². The molecular formula is C21H25NO2. The first-order valence-electron chi connectivity index (χ1n) is 8.81. The number of piperidine rings is 1. The third-order valence-electron chi connectivity index (χ3n) is 4.66. The molecule has 0 aliphatic carbocycles. The van der Waals surface area contributed by atoms with Gasteiger partial charge in [-0.2, -0.15) is 0 Å². The van der Waals surface area contributed by atoms with Gasteiger partial charge in [0.2, 0.25) is 0 Å². The third kappa shape index (κ3) is 4.04. The van der Waals surface area contributed by atoms with Gasteiger partial charge in [-0.15, -0.1) is 0 Å². The van der Waals surface area contributed by atoms with Crippen molar-refractivity contribution in [3.05, 3.63) is 65.7 Å². The van der Waals surface area contributed by atoms with Crippen LogP contribution in [0, 0.1) is 0 Å². The number of benzene rings is 2. The number of ether oxygens (including phenoxy) is 1. The van der Waals surface area contributed by atoms with Gasteiger partial charge in [-0.25, -0.2) is 0 Å². The third-order valence-corrected chi connectivity index (χ3v) is 4.66. The first-order valence-corrected chi connectivity index (χ1v) is 8.81. The lowest BCUT2D eigenvalue weighted by atomic mass is 10.0. The van der Waals surface area contributed by atoms with E-state index in [1.165, 1.54) is 19.3 Å². The number of carbonyl (C=O) groups excluding carboxylic acids is 1. The maximum absolute atomic E-state index is 12.7. The lowest BCUT2D eigenvalue weighted by Gasteiger charge is -2.32. The number of carbonyl (C=O) groups is 1. The Bertz CT molecular complexity index is 663. The summed E-state index contributed by atoms with van der Waals surface area (Å²) in [5.41, 5.74) is 1.33. The van der Waals surface area contributed by atoms with Gasteiger partial charge in [0.15, 0.2) is 5.78 Å². The number of nitrogens with zero attached hydrogens (tertiary/aromatic N) is 1. The summed E-state index contributed by atoms with van der Waals surface area (Å²) in [4.78, 5) is 15.2. The fourth-order valence-electron chi connectivity index (χ4n) is 3.20. The predicted octanol–water partition coefficient (Wildman–Crippen LogP) is 4.17. The van der Waals surface area contributed by atoms with E-state index in [9.17, 15) is 4.79 Å². The second kappa shape index (κ2) is 8.11. The minimum atomic E-state index is 0.0109. The van der Waals surface area contributed by atoms with Crippen LogP contribution in [0.1, 0.15) is 42.1 Å². The zero-order chi connectivity index (χ0) is 16.8. The largest absolute Gasteiger partial charge is 0.491 e. The Morgan fingerprint density at radius 3 is 2.42 bits per heavy atom. The Balaban J connectivity index is 1.69. The highest BCUT2D eigenvalue weighted by atomic mass is 16.5. The molecule has 0 spiro atoms. The number of para-hydroxylation sites is 1. The van der Waals surface area contributed by atoms with Gasteiger partial charge >= 0.3 is 0 Å². The fraction of sp³-hybridized carbons (Fsp3) is 0.381. The maximum atomic E-state index is 12.7. The summed E-state index contributed by atoms with van der Waals surface area (Å²) in [6.07, 6.45) is 3.87. The Morgan fingerprint density at radius 2 is 1.67 bits per heavy atom. The second-order valence-electron chi connectivity index (χ2n) is 6.45. The zero-order valence-corrected chi connectivity index (χ0v) is 14.3. The molecule has 0 amide bonds. The van der Waals surface area contributed by atoms with Crippen molar-refractivity contribution in [2.45, 2.75) is 32.2 Å². The van der Waals surface area contributed by atoms with Crippen molar-refractivity contribution in [1.82, 2.24) is 4.90 Å². The summed E-state index contributed by atoms with van der Waals surface area (Å²) in [6, 6.07) is 17.3. The van der Waals surface area contributed by atoms with E-state index < -0.39 is 0 Å². The normalized spacial score (nSPS) is 16.5. The van der Waals surface area contributed by atoms with Crippen LogP contribution < -0.4 is 4.74 Å². The fourth-order valence-corrected chi connectivity index (χ4v) is 3.20. The van der Waals surface area contributed by atoms with Gasteiger partial charge in [-0.3, -0.25) is 9.69 Å². The van der Waals surface area contributed by atoms with E-state index in [1.807, 2.05) is 54.6 Å². The summed E-state index contributed by atoms with van der Waals surface area (Å²) in [5.74, 6) is 0.687. The highest BCUT2D eigenvalue weighted by molar-refractivity contribution is 6.10. The Hall–Kier alpha value is -2.13. The van der Waals surface area contributed by atoms with Gasteiger partial charge in [0.1, 0.15) is 12.4 Å². The first-order chi connectivity index (χ1) is 11.8. The standard InChI is InChI=1S/C21H25NO2/c1-17(22-14-8-3-9-15-22)16-24-20-13-7-6-12-19(20)21(23)18-10-4-2-5-11-18/h2,4-7,10-13,17H,3,8-9,14-16H2,1H3. The molecule has 1 saturated heterocycles. The van der Waals surface area contributed by atoms with Gasteiger partial charge in [-0.05, 0) is 45.0 Å². The highest BCUT2D eigenvalue weighted by Crippen LogP contribution is 2.22. The van der Waals surface area contributed by atoms with Crippen molar-refractivity contribution in [2.24, 2.45) is 0 Å². The van der Waals surface area contributed by atoms with Crippen molar-refractivity contribution in [3.8, 4) is 5.75 Å². The molecule has 1 heterocycles. The minimum absolute atomic E-state index is 0.0109. The molecule has 126 valence electrons. The molecule has 1 aliphatic rings. The monoisotopic (exact) mass is 323 g/mol. The molecule has 3 heteroatoms. The smallest absolute Gasteiger partial charge is 0.196 e. The number of likely N-dealkylation sites (tertiary alicyclic amines) is 1. The Labute approximate surface area is 144 Å². The SMILES string of the molecule is CC(COc1ccccc1C(=O)c1ccccc1)N1CCCCC1. The van der Waals surface area contributed by atoms with Crippen LogP contribution in [0.4, 0.5) is 0 Å². The van der Waals surface area contributed by atoms with Gasteiger partial charge < -0.3 is 4.74 Å². The van der Waals surface area contributed by atoms with Crippen LogP contribution in [0.3, 0.4) is 0 Å². The zero-order valence-electron chi connectivity index (χ0n) is 14.3. The van der Waals surface area contributed by atoms with Crippen molar-refractivity contribution >= 4 is 5.78 Å². The molecule has 0 bridgehead atoms. The van der Waals surface area contributed by atoms with Crippen LogP contribution in [-0.4, -0.2) is 36.4 Å². The Morgan fingerprint density at radius 1 is 1.00 bits per heavy atom. The molecular weight excluding hydrogens is 298 g/mol. The van der Waals surface area contributed by atoms with E-state index in [1.54, 1.807) is 0 Å². The van der Waals surface area contributed by atoms with E-state index in [2.05, 4.69) is 11.8 Å². The molecule has 24 heavy (non-hydrogen) atoms.